The molecule has 86 valence electrons. The molecule has 18 heavy (non-hydrogen) atoms. The molecule has 0 saturated carbocycles. The molecule has 0 radical (unpaired) electrons. The summed E-state index contributed by atoms with van der Waals surface area (Å²) in [6.45, 7) is 0. The third-order valence-electron chi connectivity index (χ3n) is 2.58. The Labute approximate surface area is 104 Å². The van der Waals surface area contributed by atoms with E-state index in [9.17, 15) is 4.39 Å². The van der Waals surface area contributed by atoms with Crippen LogP contribution in [0.4, 0.5) is 10.1 Å². The topological polar surface area (TPSA) is 73.6 Å². The molecule has 0 heterocycles. The average molecular weight is 237 g/mol. The molecule has 0 aliphatic carbocycles. The van der Waals surface area contributed by atoms with Crippen molar-refractivity contribution in [2.45, 2.75) is 0 Å². The lowest BCUT2D eigenvalue weighted by Gasteiger charge is -2.06. The van der Waals surface area contributed by atoms with Gasteiger partial charge in [-0.15, -0.1) is 0 Å². The summed E-state index contributed by atoms with van der Waals surface area (Å²) >= 11 is 0. The Morgan fingerprint density at radius 1 is 1.00 bits per heavy atom. The summed E-state index contributed by atoms with van der Waals surface area (Å²) in [6, 6.07) is 13.1. The van der Waals surface area contributed by atoms with Gasteiger partial charge in [0.2, 0.25) is 0 Å². The van der Waals surface area contributed by atoms with Crippen LogP contribution in [0.15, 0.2) is 36.4 Å². The zero-order chi connectivity index (χ0) is 13.1. The maximum absolute atomic E-state index is 13.3. The number of halogens is 1. The van der Waals surface area contributed by atoms with Crippen molar-refractivity contribution in [2.75, 3.05) is 5.73 Å². The van der Waals surface area contributed by atoms with Crippen LogP contribution < -0.4 is 5.73 Å². The van der Waals surface area contributed by atoms with Crippen molar-refractivity contribution in [3.63, 3.8) is 0 Å². The zero-order valence-electron chi connectivity index (χ0n) is 9.31. The minimum atomic E-state index is -0.607. The Morgan fingerprint density at radius 3 is 2.22 bits per heavy atom. The van der Waals surface area contributed by atoms with Gasteiger partial charge >= 0.3 is 0 Å². The fourth-order valence-electron chi connectivity index (χ4n) is 1.65. The fourth-order valence-corrected chi connectivity index (χ4v) is 1.65. The molecule has 0 atom stereocenters. The van der Waals surface area contributed by atoms with Crippen molar-refractivity contribution >= 4 is 5.69 Å². The SMILES string of the molecule is N#Cc1ccc(-c2cc(N)c(F)cc2C#N)cc1. The van der Waals surface area contributed by atoms with Gasteiger partial charge in [0.1, 0.15) is 5.82 Å². The number of benzene rings is 2. The van der Waals surface area contributed by atoms with E-state index in [1.165, 1.54) is 6.07 Å². The summed E-state index contributed by atoms with van der Waals surface area (Å²) in [5, 5.41) is 17.7. The first-order valence-electron chi connectivity index (χ1n) is 5.15. The Hall–Kier alpha value is -2.85. The standard InChI is InChI=1S/C14H8FN3/c15-13-5-11(8-17)12(6-14(13)18)10-3-1-9(7-16)2-4-10/h1-6H,18H2. The van der Waals surface area contributed by atoms with Crippen LogP contribution in [-0.4, -0.2) is 0 Å². The number of hydrogen-bond donors (Lipinski definition) is 1. The first kappa shape index (κ1) is 11.6. The first-order valence-corrected chi connectivity index (χ1v) is 5.15. The lowest BCUT2D eigenvalue weighted by Crippen LogP contribution is -1.94. The second-order valence-corrected chi connectivity index (χ2v) is 3.72. The van der Waals surface area contributed by atoms with Gasteiger partial charge in [-0.25, -0.2) is 4.39 Å². The fraction of sp³-hybridized carbons (Fsp3) is 0. The predicted octanol–water partition coefficient (Wildman–Crippen LogP) is 2.82. The van der Waals surface area contributed by atoms with Crippen LogP contribution in [0.2, 0.25) is 0 Å². The van der Waals surface area contributed by atoms with Gasteiger partial charge in [-0.3, -0.25) is 0 Å². The van der Waals surface area contributed by atoms with E-state index in [2.05, 4.69) is 0 Å². The summed E-state index contributed by atoms with van der Waals surface area (Å²) in [5.41, 5.74) is 7.51. The number of anilines is 1. The molecular weight excluding hydrogens is 229 g/mol. The number of nitrogens with zero attached hydrogens (tertiary/aromatic N) is 2. The van der Waals surface area contributed by atoms with Gasteiger partial charge in [0.05, 0.1) is 29.0 Å². The second-order valence-electron chi connectivity index (χ2n) is 3.72. The largest absolute Gasteiger partial charge is 0.396 e. The smallest absolute Gasteiger partial charge is 0.147 e. The Balaban J connectivity index is 2.60. The molecule has 2 aromatic rings. The Kier molecular flexibility index (Phi) is 2.95. The maximum atomic E-state index is 13.3. The highest BCUT2D eigenvalue weighted by Crippen LogP contribution is 2.27. The van der Waals surface area contributed by atoms with Gasteiger partial charge in [0.25, 0.3) is 0 Å². The lowest BCUT2D eigenvalue weighted by molar-refractivity contribution is 0.632. The van der Waals surface area contributed by atoms with Crippen molar-refractivity contribution in [1.29, 1.82) is 10.5 Å². The highest BCUT2D eigenvalue weighted by molar-refractivity contribution is 5.74. The zero-order valence-corrected chi connectivity index (χ0v) is 9.31. The van der Waals surface area contributed by atoms with Gasteiger partial charge in [0.15, 0.2) is 0 Å². The van der Waals surface area contributed by atoms with Crippen molar-refractivity contribution in [2.24, 2.45) is 0 Å². The molecular formula is C14H8FN3. The lowest BCUT2D eigenvalue weighted by atomic mass is 9.98. The highest BCUT2D eigenvalue weighted by atomic mass is 19.1. The Bertz CT molecular complexity index is 676. The molecule has 0 aromatic heterocycles. The van der Waals surface area contributed by atoms with E-state index < -0.39 is 5.82 Å². The maximum Gasteiger partial charge on any atom is 0.147 e. The monoisotopic (exact) mass is 237 g/mol. The summed E-state index contributed by atoms with van der Waals surface area (Å²) < 4.78 is 13.3. The highest BCUT2D eigenvalue weighted by Gasteiger charge is 2.09. The van der Waals surface area contributed by atoms with Gasteiger partial charge < -0.3 is 5.73 Å². The number of nitrogen functional groups attached to an aromatic ring is 1. The van der Waals surface area contributed by atoms with Crippen LogP contribution >= 0.6 is 0 Å². The second kappa shape index (κ2) is 4.57. The summed E-state index contributed by atoms with van der Waals surface area (Å²) in [6.07, 6.45) is 0. The summed E-state index contributed by atoms with van der Waals surface area (Å²) in [5.74, 6) is -0.607. The molecule has 0 bridgehead atoms. The van der Waals surface area contributed by atoms with E-state index in [1.807, 2.05) is 12.1 Å². The average Bonchev–Trinajstić information content (AvgIpc) is 2.41. The molecule has 4 heteroatoms. The van der Waals surface area contributed by atoms with E-state index in [0.717, 1.165) is 11.6 Å². The first-order chi connectivity index (χ1) is 8.65. The van der Waals surface area contributed by atoms with E-state index in [-0.39, 0.29) is 11.3 Å². The van der Waals surface area contributed by atoms with Crippen LogP contribution in [-0.2, 0) is 0 Å². The van der Waals surface area contributed by atoms with E-state index in [1.54, 1.807) is 24.3 Å². The van der Waals surface area contributed by atoms with Crippen molar-refractivity contribution in [3.05, 3.63) is 53.3 Å². The van der Waals surface area contributed by atoms with Gasteiger partial charge in [-0.2, -0.15) is 10.5 Å². The van der Waals surface area contributed by atoms with E-state index >= 15 is 0 Å². The van der Waals surface area contributed by atoms with Crippen LogP contribution in [0.1, 0.15) is 11.1 Å². The molecule has 2 rings (SSSR count). The number of nitrogens with two attached hydrogens (primary N) is 1. The molecule has 0 aliphatic heterocycles. The number of rotatable bonds is 1. The van der Waals surface area contributed by atoms with Crippen molar-refractivity contribution < 1.29 is 4.39 Å². The molecule has 0 spiro atoms. The molecule has 0 aliphatic rings. The van der Waals surface area contributed by atoms with Crippen LogP contribution in [0.5, 0.6) is 0 Å². The normalized spacial score (nSPS) is 9.50. The van der Waals surface area contributed by atoms with Gasteiger partial charge in [0, 0.05) is 5.56 Å². The van der Waals surface area contributed by atoms with Gasteiger partial charge in [-0.1, -0.05) is 12.1 Å². The summed E-state index contributed by atoms with van der Waals surface area (Å²) in [7, 11) is 0. The van der Waals surface area contributed by atoms with E-state index in [4.69, 9.17) is 16.3 Å². The molecule has 0 fully saturated rings. The Morgan fingerprint density at radius 2 is 1.67 bits per heavy atom. The number of nitriles is 2. The minimum absolute atomic E-state index is 0.00615. The third-order valence-corrected chi connectivity index (χ3v) is 2.58. The molecule has 3 nitrogen and oxygen atoms in total. The molecule has 2 N–H and O–H groups in total. The third kappa shape index (κ3) is 2.00. The quantitative estimate of drug-likeness (QED) is 0.775. The van der Waals surface area contributed by atoms with Crippen molar-refractivity contribution in [1.82, 2.24) is 0 Å². The molecule has 2 aromatic carbocycles. The van der Waals surface area contributed by atoms with E-state index in [0.29, 0.717) is 11.1 Å². The van der Waals surface area contributed by atoms with Crippen LogP contribution in [0.25, 0.3) is 11.1 Å². The van der Waals surface area contributed by atoms with Crippen molar-refractivity contribution in [3.8, 4) is 23.3 Å². The molecule has 0 unspecified atom stereocenters. The molecule has 0 saturated heterocycles. The van der Waals surface area contributed by atoms with Gasteiger partial charge in [-0.05, 0) is 29.8 Å². The summed E-state index contributed by atoms with van der Waals surface area (Å²) in [4.78, 5) is 0. The van der Waals surface area contributed by atoms with Crippen LogP contribution in [0.3, 0.4) is 0 Å². The molecule has 0 amide bonds. The van der Waals surface area contributed by atoms with Crippen LogP contribution in [0, 0.1) is 28.5 Å². The number of hydrogen-bond acceptors (Lipinski definition) is 3. The minimum Gasteiger partial charge on any atom is -0.396 e. The predicted molar refractivity (Wildman–Crippen MR) is 65.7 cm³/mol.